The molecular weight excluding hydrogens is 332 g/mol. The lowest BCUT2D eigenvalue weighted by Gasteiger charge is -2.40. The summed E-state index contributed by atoms with van der Waals surface area (Å²) in [5.74, 6) is 0.855. The zero-order valence-corrected chi connectivity index (χ0v) is 16.3. The van der Waals surface area contributed by atoms with Gasteiger partial charge in [0.05, 0.1) is 0 Å². The van der Waals surface area contributed by atoms with Crippen LogP contribution in [-0.2, 0) is 4.79 Å². The average Bonchev–Trinajstić information content (AvgIpc) is 3.42. The number of piperidine rings is 1. The van der Waals surface area contributed by atoms with Crippen molar-refractivity contribution in [1.82, 2.24) is 25.8 Å². The second-order valence-electron chi connectivity index (χ2n) is 8.05. The summed E-state index contributed by atoms with van der Waals surface area (Å²) in [6.07, 6.45) is 4.32. The van der Waals surface area contributed by atoms with Gasteiger partial charge in [-0.15, -0.1) is 0 Å². The van der Waals surface area contributed by atoms with Crippen molar-refractivity contribution in [2.75, 3.05) is 33.7 Å². The number of imide groups is 1. The minimum atomic E-state index is -0.790. The van der Waals surface area contributed by atoms with Crippen molar-refractivity contribution in [3.8, 4) is 0 Å². The summed E-state index contributed by atoms with van der Waals surface area (Å²) in [6, 6.07) is 0.831. The summed E-state index contributed by atoms with van der Waals surface area (Å²) in [7, 11) is 4.01. The fraction of sp³-hybridized carbons (Fsp3) is 0.833. The maximum Gasteiger partial charge on any atom is 0.322 e. The Morgan fingerprint density at radius 3 is 2.50 bits per heavy atom. The molecule has 2 heterocycles. The van der Waals surface area contributed by atoms with E-state index in [1.54, 1.807) is 0 Å². The van der Waals surface area contributed by atoms with Crippen molar-refractivity contribution in [3.05, 3.63) is 0 Å². The first kappa shape index (κ1) is 18.9. The van der Waals surface area contributed by atoms with Crippen molar-refractivity contribution in [2.45, 2.75) is 57.2 Å². The number of hydrogen-bond acceptors (Lipinski definition) is 4. The lowest BCUT2D eigenvalue weighted by Crippen LogP contribution is -2.56. The smallest absolute Gasteiger partial charge is 0.322 e. The maximum atomic E-state index is 12.1. The molecule has 2 unspecified atom stereocenters. The van der Waals surface area contributed by atoms with Crippen molar-refractivity contribution in [2.24, 2.45) is 10.9 Å². The molecule has 0 spiro atoms. The van der Waals surface area contributed by atoms with Gasteiger partial charge in [0.25, 0.3) is 5.91 Å². The van der Waals surface area contributed by atoms with Crippen LogP contribution in [0, 0.1) is 5.92 Å². The standard InChI is InChI=1S/C18H32N6O2/c1-12(23(4)14-5-6-14)11-20-16(19-3)24-9-7-13(8-10-24)18(2)15(25)21-17(26)22-18/h12-14H,5-11H2,1-4H3,(H,19,20)(H2,21,22,25,26). The third-order valence-corrected chi connectivity index (χ3v) is 6.27. The summed E-state index contributed by atoms with van der Waals surface area (Å²) in [5, 5.41) is 8.67. The number of likely N-dealkylation sites (tertiary alicyclic amines) is 1. The van der Waals surface area contributed by atoms with Crippen LogP contribution in [0.4, 0.5) is 4.79 Å². The molecule has 26 heavy (non-hydrogen) atoms. The quantitative estimate of drug-likeness (QED) is 0.372. The molecule has 2 aliphatic heterocycles. The highest BCUT2D eigenvalue weighted by molar-refractivity contribution is 6.07. The second-order valence-corrected chi connectivity index (χ2v) is 8.05. The third kappa shape index (κ3) is 3.79. The number of amides is 3. The summed E-state index contributed by atoms with van der Waals surface area (Å²) < 4.78 is 0. The number of rotatable bonds is 5. The molecule has 146 valence electrons. The van der Waals surface area contributed by atoms with Crippen LogP contribution >= 0.6 is 0 Å². The van der Waals surface area contributed by atoms with Gasteiger partial charge in [0.1, 0.15) is 5.54 Å². The average molecular weight is 364 g/mol. The molecule has 1 saturated carbocycles. The number of aliphatic imine (C=N–C) groups is 1. The molecule has 2 saturated heterocycles. The van der Waals surface area contributed by atoms with E-state index in [9.17, 15) is 9.59 Å². The fourth-order valence-electron chi connectivity index (χ4n) is 4.07. The first-order valence-corrected chi connectivity index (χ1v) is 9.66. The predicted molar refractivity (Wildman–Crippen MR) is 101 cm³/mol. The molecule has 8 heteroatoms. The van der Waals surface area contributed by atoms with E-state index < -0.39 is 5.54 Å². The molecule has 1 aliphatic carbocycles. The van der Waals surface area contributed by atoms with Gasteiger partial charge in [0, 0.05) is 38.8 Å². The van der Waals surface area contributed by atoms with Crippen LogP contribution in [0.2, 0.25) is 0 Å². The number of nitrogens with zero attached hydrogens (tertiary/aromatic N) is 3. The van der Waals surface area contributed by atoms with Gasteiger partial charge < -0.3 is 15.5 Å². The normalized spacial score (nSPS) is 29.0. The van der Waals surface area contributed by atoms with E-state index in [1.807, 2.05) is 14.0 Å². The van der Waals surface area contributed by atoms with Crippen LogP contribution < -0.4 is 16.0 Å². The summed E-state index contributed by atoms with van der Waals surface area (Å²) in [5.41, 5.74) is -0.790. The molecule has 0 bridgehead atoms. The molecule has 2 atom stereocenters. The highest BCUT2D eigenvalue weighted by Gasteiger charge is 2.48. The van der Waals surface area contributed by atoms with E-state index in [2.05, 4.69) is 44.7 Å². The van der Waals surface area contributed by atoms with Crippen LogP contribution in [0.1, 0.15) is 39.5 Å². The van der Waals surface area contributed by atoms with Crippen LogP contribution in [0.25, 0.3) is 0 Å². The van der Waals surface area contributed by atoms with Crippen LogP contribution in [-0.4, -0.2) is 79.0 Å². The zero-order chi connectivity index (χ0) is 18.9. The van der Waals surface area contributed by atoms with Gasteiger partial charge in [0.15, 0.2) is 5.96 Å². The Morgan fingerprint density at radius 1 is 1.35 bits per heavy atom. The van der Waals surface area contributed by atoms with Gasteiger partial charge >= 0.3 is 6.03 Å². The highest BCUT2D eigenvalue weighted by atomic mass is 16.2. The number of hydrogen-bond donors (Lipinski definition) is 3. The van der Waals surface area contributed by atoms with E-state index in [4.69, 9.17) is 0 Å². The first-order valence-electron chi connectivity index (χ1n) is 9.66. The molecule has 3 N–H and O–H groups in total. The van der Waals surface area contributed by atoms with Gasteiger partial charge in [-0.3, -0.25) is 20.0 Å². The van der Waals surface area contributed by atoms with Crippen LogP contribution in [0.15, 0.2) is 4.99 Å². The van der Waals surface area contributed by atoms with E-state index in [1.165, 1.54) is 12.8 Å². The van der Waals surface area contributed by atoms with E-state index in [0.717, 1.165) is 44.5 Å². The molecule has 0 aromatic heterocycles. The Kier molecular flexibility index (Phi) is 5.41. The van der Waals surface area contributed by atoms with Crippen LogP contribution in [0.5, 0.6) is 0 Å². The summed E-state index contributed by atoms with van der Waals surface area (Å²) in [4.78, 5) is 32.8. The molecule has 3 aliphatic rings. The number of likely N-dealkylation sites (N-methyl/N-ethyl adjacent to an activating group) is 1. The summed E-state index contributed by atoms with van der Waals surface area (Å²) >= 11 is 0. The molecule has 0 aromatic carbocycles. The monoisotopic (exact) mass is 364 g/mol. The number of guanidine groups is 1. The number of carbonyl (C=O) groups is 2. The van der Waals surface area contributed by atoms with Crippen LogP contribution in [0.3, 0.4) is 0 Å². The number of urea groups is 1. The van der Waals surface area contributed by atoms with Crippen molar-refractivity contribution in [3.63, 3.8) is 0 Å². The zero-order valence-electron chi connectivity index (χ0n) is 16.3. The first-order chi connectivity index (χ1) is 12.3. The Balaban J connectivity index is 1.50. The Labute approximate surface area is 155 Å². The lowest BCUT2D eigenvalue weighted by molar-refractivity contribution is -0.125. The molecule has 3 rings (SSSR count). The number of nitrogens with one attached hydrogen (secondary N) is 3. The summed E-state index contributed by atoms with van der Waals surface area (Å²) in [6.45, 7) is 6.60. The number of carbonyl (C=O) groups excluding carboxylic acids is 2. The fourth-order valence-corrected chi connectivity index (χ4v) is 4.07. The van der Waals surface area contributed by atoms with Gasteiger partial charge in [-0.2, -0.15) is 0 Å². The molecule has 3 amide bonds. The molecule has 0 aromatic rings. The van der Waals surface area contributed by atoms with Crippen molar-refractivity contribution in [1.29, 1.82) is 0 Å². The molecule has 3 fully saturated rings. The molecule has 0 radical (unpaired) electrons. The third-order valence-electron chi connectivity index (χ3n) is 6.27. The lowest BCUT2D eigenvalue weighted by atomic mass is 9.79. The highest BCUT2D eigenvalue weighted by Crippen LogP contribution is 2.30. The molecule has 8 nitrogen and oxygen atoms in total. The predicted octanol–water partition coefficient (Wildman–Crippen LogP) is 0.355. The van der Waals surface area contributed by atoms with E-state index in [-0.39, 0.29) is 17.9 Å². The maximum absolute atomic E-state index is 12.1. The Hall–Kier alpha value is -1.83. The van der Waals surface area contributed by atoms with Crippen molar-refractivity contribution < 1.29 is 9.59 Å². The topological polar surface area (TPSA) is 89.1 Å². The van der Waals surface area contributed by atoms with Gasteiger partial charge in [-0.1, -0.05) is 0 Å². The Bertz CT molecular complexity index is 582. The van der Waals surface area contributed by atoms with E-state index in [0.29, 0.717) is 6.04 Å². The van der Waals surface area contributed by atoms with Gasteiger partial charge in [0.2, 0.25) is 0 Å². The van der Waals surface area contributed by atoms with Gasteiger partial charge in [-0.25, -0.2) is 4.79 Å². The van der Waals surface area contributed by atoms with Crippen molar-refractivity contribution >= 4 is 17.9 Å². The largest absolute Gasteiger partial charge is 0.355 e. The minimum Gasteiger partial charge on any atom is -0.355 e. The Morgan fingerprint density at radius 2 is 2.00 bits per heavy atom. The van der Waals surface area contributed by atoms with E-state index >= 15 is 0 Å². The van der Waals surface area contributed by atoms with Gasteiger partial charge in [-0.05, 0) is 52.5 Å². The second kappa shape index (κ2) is 7.42. The SMILES string of the molecule is CN=C(NCC(C)N(C)C1CC1)N1CCC(C2(C)NC(=O)NC2=O)CC1. The molecular formula is C18H32N6O2. The minimum absolute atomic E-state index is 0.142.